The number of aldehydes is 1. The molecule has 2 amide bonds. The Morgan fingerprint density at radius 2 is 2.03 bits per heavy atom. The van der Waals surface area contributed by atoms with Gasteiger partial charge in [-0.05, 0) is 37.1 Å². The summed E-state index contributed by atoms with van der Waals surface area (Å²) in [6.45, 7) is 0. The Kier molecular flexibility index (Phi) is 4.99. The number of aromatic nitrogens is 1. The lowest BCUT2D eigenvalue weighted by molar-refractivity contribution is 0.112. The van der Waals surface area contributed by atoms with E-state index in [0.29, 0.717) is 34.3 Å². The van der Waals surface area contributed by atoms with E-state index in [1.807, 2.05) is 0 Å². The first-order valence-electron chi connectivity index (χ1n) is 9.04. The van der Waals surface area contributed by atoms with Crippen LogP contribution < -0.4 is 20.1 Å². The predicted octanol–water partition coefficient (Wildman–Crippen LogP) is 4.27. The zero-order chi connectivity index (χ0) is 20.4. The molecule has 1 aliphatic carbocycles. The van der Waals surface area contributed by atoms with Crippen LogP contribution in [0.2, 0.25) is 0 Å². The second-order valence-electron chi connectivity index (χ2n) is 6.65. The number of methoxy groups -OCH3 is 1. The molecule has 0 spiro atoms. The van der Waals surface area contributed by atoms with E-state index < -0.39 is 11.8 Å². The van der Waals surface area contributed by atoms with Crippen molar-refractivity contribution < 1.29 is 23.5 Å². The van der Waals surface area contributed by atoms with Crippen molar-refractivity contribution in [3.63, 3.8) is 0 Å². The van der Waals surface area contributed by atoms with E-state index in [1.54, 1.807) is 30.5 Å². The fourth-order valence-corrected chi connectivity index (χ4v) is 2.88. The minimum absolute atomic E-state index is 0.0584. The van der Waals surface area contributed by atoms with Crippen molar-refractivity contribution in [3.05, 3.63) is 54.0 Å². The monoisotopic (exact) mass is 395 g/mol. The first kappa shape index (κ1) is 18.7. The van der Waals surface area contributed by atoms with Gasteiger partial charge in [-0.25, -0.2) is 9.18 Å². The Balaban J connectivity index is 1.58. The minimum Gasteiger partial charge on any atom is -0.496 e. The third-order valence-electron chi connectivity index (χ3n) is 4.51. The molecule has 1 heterocycles. The molecule has 1 aliphatic rings. The highest BCUT2D eigenvalue weighted by Crippen LogP contribution is 2.33. The summed E-state index contributed by atoms with van der Waals surface area (Å²) >= 11 is 0. The summed E-state index contributed by atoms with van der Waals surface area (Å²) in [5, 5.41) is 5.80. The lowest BCUT2D eigenvalue weighted by atomic mass is 10.1. The molecule has 0 saturated heterocycles. The molecule has 8 heteroatoms. The number of benzene rings is 2. The second-order valence-corrected chi connectivity index (χ2v) is 6.65. The molecule has 4 rings (SSSR count). The quantitative estimate of drug-likeness (QED) is 0.609. The zero-order valence-electron chi connectivity index (χ0n) is 15.6. The maximum Gasteiger partial charge on any atom is 0.319 e. The van der Waals surface area contributed by atoms with Crippen molar-refractivity contribution in [3.8, 4) is 17.2 Å². The number of carbonyl (C=O) groups is 2. The van der Waals surface area contributed by atoms with Gasteiger partial charge in [0, 0.05) is 29.8 Å². The van der Waals surface area contributed by atoms with Crippen LogP contribution in [0.4, 0.5) is 14.9 Å². The molecule has 1 saturated carbocycles. The fraction of sp³-hybridized carbons (Fsp3) is 0.190. The van der Waals surface area contributed by atoms with Gasteiger partial charge in [0.25, 0.3) is 0 Å². The van der Waals surface area contributed by atoms with Gasteiger partial charge in [-0.15, -0.1) is 0 Å². The van der Waals surface area contributed by atoms with E-state index in [0.717, 1.165) is 12.8 Å². The van der Waals surface area contributed by atoms with Gasteiger partial charge >= 0.3 is 6.03 Å². The number of hydrogen-bond acceptors (Lipinski definition) is 5. The molecule has 3 aromatic rings. The summed E-state index contributed by atoms with van der Waals surface area (Å²) in [6.07, 6.45) is 4.12. The van der Waals surface area contributed by atoms with Gasteiger partial charge in [0.15, 0.2) is 6.29 Å². The Morgan fingerprint density at radius 3 is 2.72 bits per heavy atom. The van der Waals surface area contributed by atoms with E-state index in [-0.39, 0.29) is 17.5 Å². The molecule has 2 N–H and O–H groups in total. The highest BCUT2D eigenvalue weighted by Gasteiger charge is 2.23. The van der Waals surface area contributed by atoms with E-state index in [9.17, 15) is 14.0 Å². The molecule has 0 atom stereocenters. The number of carbonyl (C=O) groups excluding carboxylic acids is 2. The number of rotatable bonds is 6. The number of anilines is 1. The molecular weight excluding hydrogens is 377 g/mol. The van der Waals surface area contributed by atoms with E-state index in [2.05, 4.69) is 15.6 Å². The molecule has 7 nitrogen and oxygen atoms in total. The van der Waals surface area contributed by atoms with Gasteiger partial charge in [0.2, 0.25) is 0 Å². The Hall–Kier alpha value is -3.68. The summed E-state index contributed by atoms with van der Waals surface area (Å²) in [7, 11) is 1.47. The number of hydrogen-bond donors (Lipinski definition) is 2. The van der Waals surface area contributed by atoms with Crippen molar-refractivity contribution in [1.29, 1.82) is 0 Å². The van der Waals surface area contributed by atoms with Crippen molar-refractivity contribution in [2.75, 3.05) is 12.4 Å². The number of ether oxygens (including phenoxy) is 2. The molecule has 1 fully saturated rings. The van der Waals surface area contributed by atoms with Crippen molar-refractivity contribution in [2.24, 2.45) is 0 Å². The number of amides is 2. The summed E-state index contributed by atoms with van der Waals surface area (Å²) in [5.74, 6) is 0.434. The maximum absolute atomic E-state index is 14.4. The molecule has 1 aromatic heterocycles. The zero-order valence-corrected chi connectivity index (χ0v) is 15.6. The lowest BCUT2D eigenvalue weighted by Gasteiger charge is -2.12. The maximum atomic E-state index is 14.4. The average Bonchev–Trinajstić information content (AvgIpc) is 3.53. The van der Waals surface area contributed by atoms with E-state index >= 15 is 0 Å². The normalized spacial score (nSPS) is 13.0. The summed E-state index contributed by atoms with van der Waals surface area (Å²) < 4.78 is 25.4. The van der Waals surface area contributed by atoms with Crippen LogP contribution >= 0.6 is 0 Å². The number of halogens is 1. The van der Waals surface area contributed by atoms with Crippen molar-refractivity contribution in [2.45, 2.75) is 18.9 Å². The molecule has 0 bridgehead atoms. The molecule has 0 unspecified atom stereocenters. The molecule has 29 heavy (non-hydrogen) atoms. The lowest BCUT2D eigenvalue weighted by Crippen LogP contribution is -2.30. The highest BCUT2D eigenvalue weighted by molar-refractivity contribution is 5.93. The molecular formula is C21H18FN3O4. The Labute approximate surface area is 165 Å². The number of urea groups is 1. The second kappa shape index (κ2) is 7.75. The Bertz CT molecular complexity index is 1100. The van der Waals surface area contributed by atoms with Crippen LogP contribution in [-0.4, -0.2) is 30.5 Å². The van der Waals surface area contributed by atoms with Gasteiger partial charge < -0.3 is 20.1 Å². The van der Waals surface area contributed by atoms with Crippen LogP contribution in [0.25, 0.3) is 10.9 Å². The SMILES string of the molecule is COc1cc2nccc(Oc3ccc(NC(=O)NC4CC4)c(F)c3)c2cc1C=O. The third-order valence-corrected chi connectivity index (χ3v) is 4.51. The van der Waals surface area contributed by atoms with Crippen LogP contribution in [0.15, 0.2) is 42.6 Å². The van der Waals surface area contributed by atoms with Gasteiger partial charge in [-0.3, -0.25) is 9.78 Å². The number of nitrogens with one attached hydrogen (secondary N) is 2. The molecule has 0 radical (unpaired) electrons. The third kappa shape index (κ3) is 4.11. The van der Waals surface area contributed by atoms with Crippen LogP contribution in [-0.2, 0) is 0 Å². The summed E-state index contributed by atoms with van der Waals surface area (Å²) in [6, 6.07) is 8.77. The first-order valence-corrected chi connectivity index (χ1v) is 9.04. The van der Waals surface area contributed by atoms with E-state index in [1.165, 1.54) is 19.2 Å². The van der Waals surface area contributed by atoms with Gasteiger partial charge in [0.05, 0.1) is 23.9 Å². The van der Waals surface area contributed by atoms with Crippen LogP contribution in [0.3, 0.4) is 0 Å². The minimum atomic E-state index is -0.623. The Morgan fingerprint density at radius 1 is 1.21 bits per heavy atom. The smallest absolute Gasteiger partial charge is 0.319 e. The standard InChI is InChI=1S/C21H18FN3O4/c1-28-20-10-18-15(8-12(20)11-26)19(6-7-23-18)29-14-4-5-17(16(22)9-14)25-21(27)24-13-2-3-13/h4-11,13H,2-3H2,1H3,(H2,24,25,27). The van der Waals surface area contributed by atoms with Crippen molar-refractivity contribution in [1.82, 2.24) is 10.3 Å². The van der Waals surface area contributed by atoms with Crippen LogP contribution in [0.5, 0.6) is 17.2 Å². The highest BCUT2D eigenvalue weighted by atomic mass is 19.1. The molecule has 0 aliphatic heterocycles. The molecule has 148 valence electrons. The van der Waals surface area contributed by atoms with Crippen molar-refractivity contribution >= 4 is 28.9 Å². The van der Waals surface area contributed by atoms with Crippen LogP contribution in [0.1, 0.15) is 23.2 Å². The van der Waals surface area contributed by atoms with Gasteiger partial charge in [-0.2, -0.15) is 0 Å². The van der Waals surface area contributed by atoms with Crippen LogP contribution in [0, 0.1) is 5.82 Å². The van der Waals surface area contributed by atoms with E-state index in [4.69, 9.17) is 9.47 Å². The predicted molar refractivity (Wildman–Crippen MR) is 105 cm³/mol. The summed E-state index contributed by atoms with van der Waals surface area (Å²) in [4.78, 5) is 27.4. The largest absolute Gasteiger partial charge is 0.496 e. The van der Waals surface area contributed by atoms with Gasteiger partial charge in [-0.1, -0.05) is 0 Å². The fourth-order valence-electron chi connectivity index (χ4n) is 2.88. The molecule has 2 aromatic carbocycles. The summed E-state index contributed by atoms with van der Waals surface area (Å²) in [5.41, 5.74) is 0.980. The topological polar surface area (TPSA) is 89.6 Å². The van der Waals surface area contributed by atoms with Gasteiger partial charge in [0.1, 0.15) is 23.1 Å². The number of fused-ring (bicyclic) bond motifs is 1. The first-order chi connectivity index (χ1) is 14.1. The number of nitrogens with zero attached hydrogens (tertiary/aromatic N) is 1. The average molecular weight is 395 g/mol. The number of pyridine rings is 1.